The molecule has 2 saturated heterocycles. The summed E-state index contributed by atoms with van der Waals surface area (Å²) in [5.74, 6) is 1.41. The van der Waals surface area contributed by atoms with Gasteiger partial charge < -0.3 is 29.5 Å². The molecule has 43 heavy (non-hydrogen) atoms. The summed E-state index contributed by atoms with van der Waals surface area (Å²) >= 11 is 1.78. The lowest BCUT2D eigenvalue weighted by Gasteiger charge is -2.36. The number of amides is 3. The molecule has 13 heteroatoms. The minimum Gasteiger partial charge on any atom is -0.460 e. The molecule has 1 atom stereocenters. The van der Waals surface area contributed by atoms with Gasteiger partial charge in [-0.1, -0.05) is 30.3 Å². The monoisotopic (exact) mass is 612 g/mol. The number of piperazine rings is 1. The molecule has 2 aliphatic heterocycles. The molecular weight excluding hydrogens is 572 g/mol. The van der Waals surface area contributed by atoms with Crippen molar-refractivity contribution >= 4 is 41.5 Å². The largest absolute Gasteiger partial charge is 0.460 e. The van der Waals surface area contributed by atoms with Gasteiger partial charge in [0.15, 0.2) is 5.82 Å². The number of anilines is 1. The van der Waals surface area contributed by atoms with Crippen LogP contribution in [0.1, 0.15) is 51.0 Å². The van der Waals surface area contributed by atoms with E-state index in [1.54, 1.807) is 55.3 Å². The van der Waals surface area contributed by atoms with Gasteiger partial charge in [-0.05, 0) is 34.1 Å². The first kappa shape index (κ1) is 32.1. The third kappa shape index (κ3) is 9.06. The van der Waals surface area contributed by atoms with Crippen LogP contribution in [0.3, 0.4) is 0 Å². The molecule has 232 valence electrons. The first-order valence-electron chi connectivity index (χ1n) is 14.5. The van der Waals surface area contributed by atoms with Gasteiger partial charge in [-0.3, -0.25) is 14.4 Å². The van der Waals surface area contributed by atoms with Crippen LogP contribution in [0.15, 0.2) is 36.4 Å². The lowest BCUT2D eigenvalue weighted by atomic mass is 10.1. The number of nitrogens with one attached hydrogen (secondary N) is 1. The Morgan fingerprint density at radius 2 is 1.70 bits per heavy atom. The zero-order chi connectivity index (χ0) is 31.0. The molecule has 1 N–H and O–H groups in total. The second-order valence-corrected chi connectivity index (χ2v) is 12.3. The van der Waals surface area contributed by atoms with Crippen molar-refractivity contribution in [1.29, 1.82) is 0 Å². The molecule has 2 fully saturated rings. The third-order valence-electron chi connectivity index (χ3n) is 6.83. The lowest BCUT2D eigenvalue weighted by Crippen LogP contribution is -2.56. The van der Waals surface area contributed by atoms with Crippen molar-refractivity contribution in [2.45, 2.75) is 52.2 Å². The zero-order valence-corrected chi connectivity index (χ0v) is 26.0. The maximum absolute atomic E-state index is 13.7. The number of thioether (sulfide) groups is 1. The minimum absolute atomic E-state index is 0.0455. The molecule has 0 saturated carbocycles. The fraction of sp³-hybridized carbons (Fsp3) is 0.533. The zero-order valence-electron chi connectivity index (χ0n) is 25.2. The maximum Gasteiger partial charge on any atom is 0.409 e. The summed E-state index contributed by atoms with van der Waals surface area (Å²) in [4.78, 5) is 66.6. The molecule has 3 heterocycles. The van der Waals surface area contributed by atoms with Crippen molar-refractivity contribution in [2.24, 2.45) is 0 Å². The first-order valence-corrected chi connectivity index (χ1v) is 15.7. The van der Waals surface area contributed by atoms with E-state index < -0.39 is 29.6 Å². The smallest absolute Gasteiger partial charge is 0.409 e. The average Bonchev–Trinajstić information content (AvgIpc) is 3.54. The molecule has 0 spiro atoms. The topological polar surface area (TPSA) is 134 Å². The van der Waals surface area contributed by atoms with E-state index in [4.69, 9.17) is 14.5 Å². The molecule has 3 amide bonds. The van der Waals surface area contributed by atoms with Crippen molar-refractivity contribution in [3.63, 3.8) is 0 Å². The van der Waals surface area contributed by atoms with Gasteiger partial charge in [0.25, 0.3) is 5.91 Å². The van der Waals surface area contributed by atoms with Gasteiger partial charge in [-0.15, -0.1) is 11.8 Å². The Hall–Kier alpha value is -3.87. The predicted molar refractivity (Wildman–Crippen MR) is 164 cm³/mol. The Bertz CT molecular complexity index is 1290. The van der Waals surface area contributed by atoms with Crippen molar-refractivity contribution in [2.75, 3.05) is 55.9 Å². The van der Waals surface area contributed by atoms with E-state index in [9.17, 15) is 19.2 Å². The van der Waals surface area contributed by atoms with Crippen LogP contribution in [0.2, 0.25) is 0 Å². The van der Waals surface area contributed by atoms with Gasteiger partial charge in [0, 0.05) is 56.5 Å². The van der Waals surface area contributed by atoms with E-state index in [0.717, 1.165) is 23.7 Å². The summed E-state index contributed by atoms with van der Waals surface area (Å²) < 4.78 is 10.5. The molecule has 1 aromatic carbocycles. The molecule has 0 radical (unpaired) electrons. The molecule has 12 nitrogen and oxygen atoms in total. The Kier molecular flexibility index (Phi) is 10.8. The van der Waals surface area contributed by atoms with Crippen LogP contribution in [-0.4, -0.2) is 106 Å². The van der Waals surface area contributed by atoms with Crippen LogP contribution in [0, 0.1) is 0 Å². The standard InChI is InChI=1S/C30H40N6O6S/c1-5-41-29(40)35-15-13-34(14-16-35)28(39)22(11-12-25(37)42-30(2,3)4)32-27(38)23-19-24(36-17-18-43-20-36)33-26(31-23)21-9-7-6-8-10-21/h6-10,19,22H,5,11-18,20H2,1-4H3,(H,32,38)/t22-/m0/s1. The number of esters is 1. The van der Waals surface area contributed by atoms with Crippen LogP contribution < -0.4 is 10.2 Å². The highest BCUT2D eigenvalue weighted by molar-refractivity contribution is 7.99. The number of carbonyl (C=O) groups is 4. The van der Waals surface area contributed by atoms with Crippen molar-refractivity contribution in [1.82, 2.24) is 25.1 Å². The summed E-state index contributed by atoms with van der Waals surface area (Å²) in [6.45, 7) is 9.29. The van der Waals surface area contributed by atoms with Crippen molar-refractivity contribution < 1.29 is 28.7 Å². The Labute approximate surface area is 256 Å². The highest BCUT2D eigenvalue weighted by Crippen LogP contribution is 2.25. The van der Waals surface area contributed by atoms with E-state index in [2.05, 4.69) is 15.2 Å². The van der Waals surface area contributed by atoms with Gasteiger partial charge >= 0.3 is 12.1 Å². The van der Waals surface area contributed by atoms with Crippen molar-refractivity contribution in [3.8, 4) is 11.4 Å². The number of hydrogen-bond donors (Lipinski definition) is 1. The number of nitrogens with zero attached hydrogens (tertiary/aromatic N) is 5. The van der Waals surface area contributed by atoms with Gasteiger partial charge in [-0.25, -0.2) is 14.8 Å². The van der Waals surface area contributed by atoms with Gasteiger partial charge in [0.1, 0.15) is 23.2 Å². The number of carbonyl (C=O) groups excluding carboxylic acids is 4. The number of rotatable bonds is 9. The Morgan fingerprint density at radius 1 is 1.00 bits per heavy atom. The minimum atomic E-state index is -1.00. The molecular formula is C30H40N6O6S. The molecule has 2 aromatic rings. The summed E-state index contributed by atoms with van der Waals surface area (Å²) in [5, 5.41) is 2.84. The predicted octanol–water partition coefficient (Wildman–Crippen LogP) is 3.18. The molecule has 0 bridgehead atoms. The normalized spacial score (nSPS) is 16.0. The lowest BCUT2D eigenvalue weighted by molar-refractivity contribution is -0.155. The van der Waals surface area contributed by atoms with E-state index in [0.29, 0.717) is 24.7 Å². The summed E-state index contributed by atoms with van der Waals surface area (Å²) in [7, 11) is 0. The van der Waals surface area contributed by atoms with Gasteiger partial charge in [0.2, 0.25) is 5.91 Å². The number of ether oxygens (including phenoxy) is 2. The number of hydrogen-bond acceptors (Lipinski definition) is 10. The summed E-state index contributed by atoms with van der Waals surface area (Å²) in [6.07, 6.45) is -0.440. The first-order chi connectivity index (χ1) is 20.5. The summed E-state index contributed by atoms with van der Waals surface area (Å²) in [5.41, 5.74) is 0.215. The molecule has 1 aromatic heterocycles. The Balaban J connectivity index is 1.55. The third-order valence-corrected chi connectivity index (χ3v) is 7.80. The van der Waals surface area contributed by atoms with Gasteiger partial charge in [-0.2, -0.15) is 0 Å². The fourth-order valence-electron chi connectivity index (χ4n) is 4.71. The van der Waals surface area contributed by atoms with Crippen LogP contribution >= 0.6 is 11.8 Å². The quantitative estimate of drug-likeness (QED) is 0.421. The summed E-state index contributed by atoms with van der Waals surface area (Å²) in [6, 6.07) is 10.0. The molecule has 0 aliphatic carbocycles. The molecule has 0 unspecified atom stereocenters. The number of benzene rings is 1. The Morgan fingerprint density at radius 3 is 2.33 bits per heavy atom. The van der Waals surface area contributed by atoms with Crippen LogP contribution in [0.25, 0.3) is 11.4 Å². The van der Waals surface area contributed by atoms with E-state index in [-0.39, 0.29) is 44.1 Å². The fourth-order valence-corrected chi connectivity index (χ4v) is 5.67. The number of aromatic nitrogens is 2. The van der Waals surface area contributed by atoms with Gasteiger partial charge in [0.05, 0.1) is 12.5 Å². The maximum atomic E-state index is 13.7. The van der Waals surface area contributed by atoms with E-state index >= 15 is 0 Å². The average molecular weight is 613 g/mol. The second-order valence-electron chi connectivity index (χ2n) is 11.3. The van der Waals surface area contributed by atoms with Crippen LogP contribution in [0.5, 0.6) is 0 Å². The van der Waals surface area contributed by atoms with E-state index in [1.807, 2.05) is 30.3 Å². The van der Waals surface area contributed by atoms with E-state index in [1.165, 1.54) is 0 Å². The highest BCUT2D eigenvalue weighted by Gasteiger charge is 2.32. The SMILES string of the molecule is CCOC(=O)N1CCN(C(=O)[C@H](CCC(=O)OC(C)(C)C)NC(=O)c2cc(N3CCSC3)nc(-c3ccccc3)n2)CC1. The van der Waals surface area contributed by atoms with Crippen LogP contribution in [0.4, 0.5) is 10.6 Å². The van der Waals surface area contributed by atoms with Crippen molar-refractivity contribution in [3.05, 3.63) is 42.1 Å². The molecule has 4 rings (SSSR count). The van der Waals surface area contributed by atoms with Crippen LogP contribution in [-0.2, 0) is 19.1 Å². The molecule has 2 aliphatic rings. The second kappa shape index (κ2) is 14.5. The highest BCUT2D eigenvalue weighted by atomic mass is 32.2.